The fourth-order valence-corrected chi connectivity index (χ4v) is 2.66. The molecule has 0 aliphatic carbocycles. The van der Waals surface area contributed by atoms with Crippen molar-refractivity contribution in [3.63, 3.8) is 0 Å². The van der Waals surface area contributed by atoms with Gasteiger partial charge in [0, 0.05) is 18.8 Å². The zero-order valence-corrected chi connectivity index (χ0v) is 15.2. The van der Waals surface area contributed by atoms with Gasteiger partial charge in [-0.1, -0.05) is 39.8 Å². The van der Waals surface area contributed by atoms with Crippen LogP contribution in [0.25, 0.3) is 0 Å². The lowest BCUT2D eigenvalue weighted by atomic mass is 9.94. The lowest BCUT2D eigenvalue weighted by molar-refractivity contribution is -0.124. The van der Waals surface area contributed by atoms with E-state index in [4.69, 9.17) is 0 Å². The fourth-order valence-electron chi connectivity index (χ4n) is 2.66. The Balaban J connectivity index is 1.93. The first-order valence-corrected chi connectivity index (χ1v) is 8.56. The number of nitrogens with one attached hydrogen (secondary N) is 3. The number of urea groups is 2. The van der Waals surface area contributed by atoms with Gasteiger partial charge >= 0.3 is 12.1 Å². The van der Waals surface area contributed by atoms with Gasteiger partial charge in [-0.15, -0.1) is 0 Å². The summed E-state index contributed by atoms with van der Waals surface area (Å²) < 4.78 is 0. The molecule has 0 saturated carbocycles. The van der Waals surface area contributed by atoms with Crippen molar-refractivity contribution in [1.29, 1.82) is 0 Å². The Kier molecular flexibility index (Phi) is 6.01. The fraction of sp³-hybridized carbons (Fsp3) is 0.500. The molecule has 2 rings (SSSR count). The van der Waals surface area contributed by atoms with E-state index in [1.54, 1.807) is 0 Å². The maximum Gasteiger partial charge on any atom is 0.324 e. The summed E-state index contributed by atoms with van der Waals surface area (Å²) in [7, 11) is 0. The number of rotatable bonds is 6. The Morgan fingerprint density at radius 1 is 1.20 bits per heavy atom. The summed E-state index contributed by atoms with van der Waals surface area (Å²) in [5, 5.41) is 7.97. The second-order valence-corrected chi connectivity index (χ2v) is 6.74. The van der Waals surface area contributed by atoms with Crippen LogP contribution < -0.4 is 16.0 Å². The number of anilines is 1. The molecule has 7 nitrogen and oxygen atoms in total. The molecule has 1 aromatic rings. The van der Waals surface area contributed by atoms with Crippen LogP contribution >= 0.6 is 0 Å². The normalized spacial score (nSPS) is 14.2. The molecule has 7 heteroatoms. The maximum absolute atomic E-state index is 12.1. The van der Waals surface area contributed by atoms with E-state index in [-0.39, 0.29) is 37.5 Å². The Morgan fingerprint density at radius 3 is 2.48 bits per heavy atom. The van der Waals surface area contributed by atoms with Crippen LogP contribution in [0.2, 0.25) is 0 Å². The highest BCUT2D eigenvalue weighted by molar-refractivity contribution is 6.02. The number of carbonyl (C=O) groups is 3. The zero-order valence-electron chi connectivity index (χ0n) is 15.2. The topological polar surface area (TPSA) is 90.5 Å². The maximum atomic E-state index is 12.1. The predicted octanol–water partition coefficient (Wildman–Crippen LogP) is 2.61. The molecule has 0 spiro atoms. The first kappa shape index (κ1) is 18.8. The van der Waals surface area contributed by atoms with Crippen molar-refractivity contribution in [3.8, 4) is 0 Å². The summed E-state index contributed by atoms with van der Waals surface area (Å²) in [4.78, 5) is 36.1. The van der Waals surface area contributed by atoms with Gasteiger partial charge in [-0.2, -0.15) is 0 Å². The molecule has 0 aromatic heterocycles. The van der Waals surface area contributed by atoms with Gasteiger partial charge < -0.3 is 16.0 Å². The van der Waals surface area contributed by atoms with E-state index < -0.39 is 6.03 Å². The van der Waals surface area contributed by atoms with Crippen LogP contribution in [-0.2, 0) is 4.79 Å². The van der Waals surface area contributed by atoms with E-state index in [9.17, 15) is 14.4 Å². The zero-order chi connectivity index (χ0) is 18.6. The minimum absolute atomic E-state index is 0.0188. The van der Waals surface area contributed by atoms with Gasteiger partial charge in [0.2, 0.25) is 5.91 Å². The van der Waals surface area contributed by atoms with E-state index in [1.807, 2.05) is 12.1 Å². The van der Waals surface area contributed by atoms with E-state index in [1.165, 1.54) is 5.56 Å². The highest BCUT2D eigenvalue weighted by atomic mass is 16.2. The third-order valence-corrected chi connectivity index (χ3v) is 4.17. The summed E-state index contributed by atoms with van der Waals surface area (Å²) in [6, 6.07) is 5.28. The molecule has 1 fully saturated rings. The van der Waals surface area contributed by atoms with Crippen LogP contribution in [0.3, 0.4) is 0 Å². The molecule has 1 aromatic carbocycles. The van der Waals surface area contributed by atoms with Gasteiger partial charge in [-0.25, -0.2) is 9.59 Å². The third kappa shape index (κ3) is 4.71. The number of carbonyl (C=O) groups excluding carboxylic acids is 3. The number of imide groups is 1. The third-order valence-electron chi connectivity index (χ3n) is 4.17. The minimum atomic E-state index is -0.418. The number of nitrogens with zero attached hydrogens (tertiary/aromatic N) is 1. The quantitative estimate of drug-likeness (QED) is 0.692. The minimum Gasteiger partial charge on any atom is -0.336 e. The average molecular weight is 346 g/mol. The van der Waals surface area contributed by atoms with E-state index >= 15 is 0 Å². The molecule has 1 saturated heterocycles. The van der Waals surface area contributed by atoms with E-state index in [0.29, 0.717) is 5.92 Å². The SMILES string of the molecule is CC(C)c1ccc(NC(=O)NCCN2C(=O)CNC2=O)c(C(C)C)c1. The van der Waals surface area contributed by atoms with Crippen LogP contribution in [-0.4, -0.2) is 42.5 Å². The van der Waals surface area contributed by atoms with Gasteiger partial charge in [0.25, 0.3) is 0 Å². The molecule has 5 amide bonds. The predicted molar refractivity (Wildman–Crippen MR) is 96.8 cm³/mol. The summed E-state index contributed by atoms with van der Waals surface area (Å²) in [6.07, 6.45) is 0. The smallest absolute Gasteiger partial charge is 0.324 e. The van der Waals surface area contributed by atoms with E-state index in [0.717, 1.165) is 16.2 Å². The molecule has 25 heavy (non-hydrogen) atoms. The molecule has 0 unspecified atom stereocenters. The monoisotopic (exact) mass is 346 g/mol. The summed E-state index contributed by atoms with van der Waals surface area (Å²) in [5.41, 5.74) is 3.08. The number of amides is 5. The van der Waals surface area contributed by atoms with Crippen LogP contribution in [0, 0.1) is 0 Å². The molecular formula is C18H26N4O3. The Hall–Kier alpha value is -2.57. The van der Waals surface area contributed by atoms with Crippen LogP contribution in [0.5, 0.6) is 0 Å². The molecule has 3 N–H and O–H groups in total. The van der Waals surface area contributed by atoms with Gasteiger partial charge in [-0.3, -0.25) is 9.69 Å². The van der Waals surface area contributed by atoms with Crippen LogP contribution in [0.4, 0.5) is 15.3 Å². The molecule has 1 aliphatic heterocycles. The molecule has 0 radical (unpaired) electrons. The van der Waals surface area contributed by atoms with Crippen molar-refractivity contribution in [1.82, 2.24) is 15.5 Å². The highest BCUT2D eigenvalue weighted by Crippen LogP contribution is 2.28. The van der Waals surface area contributed by atoms with Crippen LogP contribution in [0.1, 0.15) is 50.7 Å². The number of hydrogen-bond donors (Lipinski definition) is 3. The van der Waals surface area contributed by atoms with Crippen molar-refractivity contribution in [2.45, 2.75) is 39.5 Å². The average Bonchev–Trinajstić information content (AvgIpc) is 2.86. The second kappa shape index (κ2) is 8.00. The van der Waals surface area contributed by atoms with Crippen molar-refractivity contribution >= 4 is 23.7 Å². The van der Waals surface area contributed by atoms with Gasteiger partial charge in [0.05, 0.1) is 6.54 Å². The Bertz CT molecular complexity index is 654. The Labute approximate surface area is 148 Å². The molecule has 1 heterocycles. The van der Waals surface area contributed by atoms with Gasteiger partial charge in [-0.05, 0) is 29.0 Å². The second-order valence-electron chi connectivity index (χ2n) is 6.74. The van der Waals surface area contributed by atoms with Gasteiger partial charge in [0.15, 0.2) is 0 Å². The highest BCUT2D eigenvalue weighted by Gasteiger charge is 2.27. The van der Waals surface area contributed by atoms with Gasteiger partial charge in [0.1, 0.15) is 0 Å². The van der Waals surface area contributed by atoms with Crippen LogP contribution in [0.15, 0.2) is 18.2 Å². The van der Waals surface area contributed by atoms with E-state index in [2.05, 4.69) is 49.7 Å². The standard InChI is InChI=1S/C18H26N4O3/c1-11(2)13-5-6-15(14(9-13)12(3)4)21-17(24)19-7-8-22-16(23)10-20-18(22)25/h5-6,9,11-12H,7-8,10H2,1-4H3,(H,20,25)(H2,19,21,24). The summed E-state index contributed by atoms with van der Waals surface area (Å²) in [6.45, 7) is 8.81. The van der Waals surface area contributed by atoms with Crippen molar-refractivity contribution < 1.29 is 14.4 Å². The summed E-state index contributed by atoms with van der Waals surface area (Å²) in [5.74, 6) is 0.419. The number of benzene rings is 1. The van der Waals surface area contributed by atoms with Crippen molar-refractivity contribution in [3.05, 3.63) is 29.3 Å². The summed E-state index contributed by atoms with van der Waals surface area (Å²) >= 11 is 0. The molecule has 0 bridgehead atoms. The number of hydrogen-bond acceptors (Lipinski definition) is 3. The molecule has 136 valence electrons. The van der Waals surface area contributed by atoms with Crippen molar-refractivity contribution in [2.75, 3.05) is 25.0 Å². The lowest BCUT2D eigenvalue weighted by Gasteiger charge is -2.18. The Morgan fingerprint density at radius 2 is 1.92 bits per heavy atom. The lowest BCUT2D eigenvalue weighted by Crippen LogP contribution is -2.40. The largest absolute Gasteiger partial charge is 0.336 e. The molecular weight excluding hydrogens is 320 g/mol. The molecule has 1 aliphatic rings. The van der Waals surface area contributed by atoms with Crippen molar-refractivity contribution in [2.24, 2.45) is 0 Å². The molecule has 0 atom stereocenters. The first-order chi connectivity index (χ1) is 11.8. The first-order valence-electron chi connectivity index (χ1n) is 8.56.